The molecule has 2 rings (SSSR count). The first-order chi connectivity index (χ1) is 7.75. The fraction of sp³-hybridized carbons (Fsp3) is 0.692. The van der Waals surface area contributed by atoms with Crippen molar-refractivity contribution in [3.63, 3.8) is 0 Å². The van der Waals surface area contributed by atoms with Gasteiger partial charge in [-0.1, -0.05) is 0 Å². The molecule has 1 heterocycles. The number of nitrogens with one attached hydrogen (secondary N) is 1. The molecular formula is C13H21NOS. The second-order valence-electron chi connectivity index (χ2n) is 4.53. The summed E-state index contributed by atoms with van der Waals surface area (Å²) < 4.78 is 5.62. The summed E-state index contributed by atoms with van der Waals surface area (Å²) >= 11 is 1.88. The van der Waals surface area contributed by atoms with Gasteiger partial charge in [0.15, 0.2) is 0 Å². The van der Waals surface area contributed by atoms with Crippen molar-refractivity contribution in [3.8, 4) is 0 Å². The third kappa shape index (κ3) is 3.89. The summed E-state index contributed by atoms with van der Waals surface area (Å²) in [6.45, 7) is 7.07. The number of thiophene rings is 1. The lowest BCUT2D eigenvalue weighted by Crippen LogP contribution is -2.22. The van der Waals surface area contributed by atoms with Gasteiger partial charge in [0, 0.05) is 22.3 Å². The van der Waals surface area contributed by atoms with Crippen LogP contribution in [0.3, 0.4) is 0 Å². The Bertz CT molecular complexity index is 331. The van der Waals surface area contributed by atoms with Gasteiger partial charge in [0.2, 0.25) is 0 Å². The zero-order chi connectivity index (χ0) is 11.4. The van der Waals surface area contributed by atoms with Crippen LogP contribution < -0.4 is 5.32 Å². The standard InChI is InChI=1S/C13H21NOS/c1-10-9-12(11(2)16-10)5-7-15-8-6-14-13-3-4-13/h9,13-14H,3-8H2,1-2H3. The Kier molecular flexibility index (Phi) is 4.38. The molecule has 0 radical (unpaired) electrons. The van der Waals surface area contributed by atoms with E-state index in [-0.39, 0.29) is 0 Å². The Morgan fingerprint density at radius 2 is 2.19 bits per heavy atom. The number of ether oxygens (including phenoxy) is 1. The summed E-state index contributed by atoms with van der Waals surface area (Å²) in [6.07, 6.45) is 3.76. The predicted molar refractivity (Wildman–Crippen MR) is 69.3 cm³/mol. The molecule has 0 bridgehead atoms. The van der Waals surface area contributed by atoms with Crippen LogP contribution in [0.5, 0.6) is 0 Å². The second kappa shape index (κ2) is 5.80. The van der Waals surface area contributed by atoms with Gasteiger partial charge in [-0.15, -0.1) is 11.3 Å². The zero-order valence-electron chi connectivity index (χ0n) is 10.2. The third-order valence-electron chi connectivity index (χ3n) is 2.92. The van der Waals surface area contributed by atoms with E-state index in [1.54, 1.807) is 0 Å². The Morgan fingerprint density at radius 3 is 2.81 bits per heavy atom. The van der Waals surface area contributed by atoms with Crippen LogP contribution >= 0.6 is 11.3 Å². The molecule has 3 heteroatoms. The first-order valence-corrected chi connectivity index (χ1v) is 6.94. The van der Waals surface area contributed by atoms with Gasteiger partial charge in [0.05, 0.1) is 13.2 Å². The fourth-order valence-electron chi connectivity index (χ4n) is 1.84. The van der Waals surface area contributed by atoms with Crippen molar-refractivity contribution < 1.29 is 4.74 Å². The summed E-state index contributed by atoms with van der Waals surface area (Å²) in [7, 11) is 0. The summed E-state index contributed by atoms with van der Waals surface area (Å²) in [4.78, 5) is 2.85. The van der Waals surface area contributed by atoms with Gasteiger partial charge >= 0.3 is 0 Å². The highest BCUT2D eigenvalue weighted by Gasteiger charge is 2.19. The van der Waals surface area contributed by atoms with Crippen LogP contribution in [0.25, 0.3) is 0 Å². The van der Waals surface area contributed by atoms with Crippen LogP contribution in [0.1, 0.15) is 28.2 Å². The van der Waals surface area contributed by atoms with Crippen molar-refractivity contribution >= 4 is 11.3 Å². The monoisotopic (exact) mass is 239 g/mol. The number of hydrogen-bond acceptors (Lipinski definition) is 3. The zero-order valence-corrected chi connectivity index (χ0v) is 11.0. The van der Waals surface area contributed by atoms with Gasteiger partial charge in [0.25, 0.3) is 0 Å². The summed E-state index contributed by atoms with van der Waals surface area (Å²) in [6, 6.07) is 3.08. The predicted octanol–water partition coefficient (Wildman–Crippen LogP) is 2.68. The average molecular weight is 239 g/mol. The van der Waals surface area contributed by atoms with Gasteiger partial charge in [-0.05, 0) is 44.7 Å². The summed E-state index contributed by atoms with van der Waals surface area (Å²) in [5.41, 5.74) is 1.46. The largest absolute Gasteiger partial charge is 0.380 e. The molecule has 1 saturated carbocycles. The first kappa shape index (κ1) is 12.1. The van der Waals surface area contributed by atoms with E-state index < -0.39 is 0 Å². The third-order valence-corrected chi connectivity index (χ3v) is 3.92. The molecule has 2 nitrogen and oxygen atoms in total. The molecule has 1 aliphatic carbocycles. The quantitative estimate of drug-likeness (QED) is 0.739. The molecule has 16 heavy (non-hydrogen) atoms. The average Bonchev–Trinajstić information content (AvgIpc) is 2.99. The minimum absolute atomic E-state index is 0.797. The van der Waals surface area contributed by atoms with Gasteiger partial charge in [-0.3, -0.25) is 0 Å². The number of hydrogen-bond donors (Lipinski definition) is 1. The number of rotatable bonds is 7. The van der Waals surface area contributed by atoms with Crippen LogP contribution in [0, 0.1) is 13.8 Å². The maximum atomic E-state index is 5.62. The van der Waals surface area contributed by atoms with E-state index in [4.69, 9.17) is 4.74 Å². The molecule has 1 aromatic rings. The highest BCUT2D eigenvalue weighted by Crippen LogP contribution is 2.21. The lowest BCUT2D eigenvalue weighted by Gasteiger charge is -2.04. The van der Waals surface area contributed by atoms with Crippen LogP contribution in [-0.2, 0) is 11.2 Å². The fourth-order valence-corrected chi connectivity index (χ4v) is 2.81. The van der Waals surface area contributed by atoms with Crippen molar-refractivity contribution in [2.24, 2.45) is 0 Å². The molecule has 0 atom stereocenters. The molecular weight excluding hydrogens is 218 g/mol. The van der Waals surface area contributed by atoms with E-state index in [2.05, 4.69) is 25.2 Å². The Morgan fingerprint density at radius 1 is 1.38 bits per heavy atom. The highest BCUT2D eigenvalue weighted by atomic mass is 32.1. The van der Waals surface area contributed by atoms with E-state index in [0.29, 0.717) is 0 Å². The van der Waals surface area contributed by atoms with E-state index in [1.807, 2.05) is 11.3 Å². The maximum absolute atomic E-state index is 5.62. The maximum Gasteiger partial charge on any atom is 0.0591 e. The second-order valence-corrected chi connectivity index (χ2v) is 5.99. The molecule has 0 amide bonds. The summed E-state index contributed by atoms with van der Waals surface area (Å²) in [5.74, 6) is 0. The van der Waals surface area contributed by atoms with E-state index in [0.717, 1.165) is 32.2 Å². The molecule has 0 unspecified atom stereocenters. The van der Waals surface area contributed by atoms with Crippen molar-refractivity contribution in [2.45, 2.75) is 39.2 Å². The minimum atomic E-state index is 0.797. The van der Waals surface area contributed by atoms with Gasteiger partial charge in [-0.25, -0.2) is 0 Å². The lowest BCUT2D eigenvalue weighted by molar-refractivity contribution is 0.138. The molecule has 1 fully saturated rings. The minimum Gasteiger partial charge on any atom is -0.380 e. The van der Waals surface area contributed by atoms with E-state index in [1.165, 1.54) is 28.2 Å². The van der Waals surface area contributed by atoms with Crippen LogP contribution in [-0.4, -0.2) is 25.8 Å². The van der Waals surface area contributed by atoms with Crippen molar-refractivity contribution in [1.82, 2.24) is 5.32 Å². The molecule has 0 aromatic carbocycles. The first-order valence-electron chi connectivity index (χ1n) is 6.13. The molecule has 1 aliphatic rings. The Hall–Kier alpha value is -0.380. The Balaban J connectivity index is 1.54. The van der Waals surface area contributed by atoms with E-state index in [9.17, 15) is 0 Å². The molecule has 90 valence electrons. The van der Waals surface area contributed by atoms with Gasteiger partial charge in [-0.2, -0.15) is 0 Å². The van der Waals surface area contributed by atoms with Crippen LogP contribution in [0.4, 0.5) is 0 Å². The lowest BCUT2D eigenvalue weighted by atomic mass is 10.2. The molecule has 0 saturated heterocycles. The molecule has 0 spiro atoms. The van der Waals surface area contributed by atoms with Gasteiger partial charge < -0.3 is 10.1 Å². The van der Waals surface area contributed by atoms with Gasteiger partial charge in [0.1, 0.15) is 0 Å². The normalized spacial score (nSPS) is 15.6. The topological polar surface area (TPSA) is 21.3 Å². The number of aryl methyl sites for hydroxylation is 2. The van der Waals surface area contributed by atoms with Crippen molar-refractivity contribution in [2.75, 3.05) is 19.8 Å². The SMILES string of the molecule is Cc1cc(CCOCCNC2CC2)c(C)s1. The van der Waals surface area contributed by atoms with Crippen LogP contribution in [0.2, 0.25) is 0 Å². The molecule has 1 N–H and O–H groups in total. The van der Waals surface area contributed by atoms with Crippen molar-refractivity contribution in [1.29, 1.82) is 0 Å². The summed E-state index contributed by atoms with van der Waals surface area (Å²) in [5, 5.41) is 3.45. The Labute approximate surface area is 102 Å². The molecule has 1 aromatic heterocycles. The van der Waals surface area contributed by atoms with Crippen molar-refractivity contribution in [3.05, 3.63) is 21.4 Å². The molecule has 0 aliphatic heterocycles. The highest BCUT2D eigenvalue weighted by molar-refractivity contribution is 7.12. The van der Waals surface area contributed by atoms with E-state index >= 15 is 0 Å². The van der Waals surface area contributed by atoms with Crippen LogP contribution in [0.15, 0.2) is 6.07 Å². The smallest absolute Gasteiger partial charge is 0.0591 e.